The third-order valence-corrected chi connectivity index (χ3v) is 2.06. The second-order valence-electron chi connectivity index (χ2n) is 3.72. The predicted octanol–water partition coefficient (Wildman–Crippen LogP) is 2.69. The van der Waals surface area contributed by atoms with Gasteiger partial charge in [-0.1, -0.05) is 26.0 Å². The van der Waals surface area contributed by atoms with Crippen LogP contribution in [0.5, 0.6) is 0 Å². The fraction of sp³-hybridized carbons (Fsp3) is 0.750. The minimum Gasteiger partial charge on any atom is -0.316 e. The van der Waals surface area contributed by atoms with Crippen LogP contribution >= 0.6 is 0 Å². The van der Waals surface area contributed by atoms with Crippen molar-refractivity contribution in [1.82, 2.24) is 5.32 Å². The van der Waals surface area contributed by atoms with Crippen LogP contribution in [0.25, 0.3) is 0 Å². The lowest BCUT2D eigenvalue weighted by Crippen LogP contribution is -2.16. The van der Waals surface area contributed by atoms with E-state index in [1.54, 1.807) is 0 Å². The molecular weight excluding hydrogens is 174 g/mol. The standard InChI is InChI=1S/C12H23NO/c1-4-6-12(14)10-11(3)7-9-13-8-5-2/h13H,3-10H2,1-2H3. The van der Waals surface area contributed by atoms with E-state index < -0.39 is 0 Å². The van der Waals surface area contributed by atoms with Crippen LogP contribution in [-0.4, -0.2) is 18.9 Å². The molecule has 1 N–H and O–H groups in total. The Labute approximate surface area is 87.8 Å². The highest BCUT2D eigenvalue weighted by molar-refractivity contribution is 5.80. The maximum Gasteiger partial charge on any atom is 0.136 e. The van der Waals surface area contributed by atoms with Gasteiger partial charge in [0.2, 0.25) is 0 Å². The summed E-state index contributed by atoms with van der Waals surface area (Å²) in [6.45, 7) is 10.1. The molecule has 14 heavy (non-hydrogen) atoms. The molecule has 0 radical (unpaired) electrons. The number of rotatable bonds is 9. The van der Waals surface area contributed by atoms with Crippen molar-refractivity contribution >= 4 is 5.78 Å². The molecule has 0 spiro atoms. The normalized spacial score (nSPS) is 10.1. The lowest BCUT2D eigenvalue weighted by Gasteiger charge is -2.05. The second kappa shape index (κ2) is 8.95. The van der Waals surface area contributed by atoms with Gasteiger partial charge in [-0.2, -0.15) is 0 Å². The lowest BCUT2D eigenvalue weighted by atomic mass is 10.1. The minimum atomic E-state index is 0.327. The van der Waals surface area contributed by atoms with Crippen LogP contribution < -0.4 is 5.32 Å². The Morgan fingerprint density at radius 1 is 1.14 bits per heavy atom. The number of hydrogen-bond donors (Lipinski definition) is 1. The fourth-order valence-electron chi connectivity index (χ4n) is 1.30. The van der Waals surface area contributed by atoms with Crippen LogP contribution in [0, 0.1) is 0 Å². The monoisotopic (exact) mass is 197 g/mol. The van der Waals surface area contributed by atoms with Gasteiger partial charge >= 0.3 is 0 Å². The first-order valence-electron chi connectivity index (χ1n) is 5.59. The van der Waals surface area contributed by atoms with Crippen molar-refractivity contribution in [3.8, 4) is 0 Å². The second-order valence-corrected chi connectivity index (χ2v) is 3.72. The molecular formula is C12H23NO. The van der Waals surface area contributed by atoms with E-state index in [-0.39, 0.29) is 0 Å². The molecule has 0 aliphatic heterocycles. The molecule has 0 aromatic rings. The van der Waals surface area contributed by atoms with Gasteiger partial charge in [0.05, 0.1) is 0 Å². The summed E-state index contributed by atoms with van der Waals surface area (Å²) in [6, 6.07) is 0. The molecule has 0 rings (SSSR count). The molecule has 0 unspecified atom stereocenters. The number of ketones is 1. The Morgan fingerprint density at radius 2 is 1.86 bits per heavy atom. The van der Waals surface area contributed by atoms with Crippen molar-refractivity contribution < 1.29 is 4.79 Å². The van der Waals surface area contributed by atoms with E-state index in [9.17, 15) is 4.79 Å². The fourth-order valence-corrected chi connectivity index (χ4v) is 1.30. The molecule has 0 bridgehead atoms. The summed E-state index contributed by atoms with van der Waals surface area (Å²) in [7, 11) is 0. The first-order valence-corrected chi connectivity index (χ1v) is 5.59. The highest BCUT2D eigenvalue weighted by atomic mass is 16.1. The molecule has 82 valence electrons. The van der Waals surface area contributed by atoms with Crippen molar-refractivity contribution in [2.45, 2.75) is 46.0 Å². The molecule has 0 heterocycles. The predicted molar refractivity (Wildman–Crippen MR) is 61.4 cm³/mol. The summed E-state index contributed by atoms with van der Waals surface area (Å²) in [4.78, 5) is 11.3. The van der Waals surface area contributed by atoms with Crippen LogP contribution in [-0.2, 0) is 4.79 Å². The van der Waals surface area contributed by atoms with E-state index in [0.717, 1.165) is 37.9 Å². The summed E-state index contributed by atoms with van der Waals surface area (Å²) in [6.07, 6.45) is 4.29. The van der Waals surface area contributed by atoms with Gasteiger partial charge in [-0.05, 0) is 32.4 Å². The number of nitrogens with one attached hydrogen (secondary N) is 1. The van der Waals surface area contributed by atoms with Crippen molar-refractivity contribution in [3.05, 3.63) is 12.2 Å². The molecule has 0 aliphatic rings. The van der Waals surface area contributed by atoms with E-state index in [0.29, 0.717) is 18.6 Å². The Balaban J connectivity index is 3.40. The van der Waals surface area contributed by atoms with Gasteiger partial charge in [0.25, 0.3) is 0 Å². The molecule has 0 atom stereocenters. The molecule has 2 nitrogen and oxygen atoms in total. The van der Waals surface area contributed by atoms with Gasteiger partial charge in [-0.25, -0.2) is 0 Å². The number of carbonyl (C=O) groups excluding carboxylic acids is 1. The van der Waals surface area contributed by atoms with Crippen LogP contribution in [0.4, 0.5) is 0 Å². The number of Topliss-reactive ketones (excluding diaryl/α,β-unsaturated/α-hetero) is 1. The summed E-state index contributed by atoms with van der Waals surface area (Å²) >= 11 is 0. The van der Waals surface area contributed by atoms with E-state index >= 15 is 0 Å². The quantitative estimate of drug-likeness (QED) is 0.455. The molecule has 0 aromatic carbocycles. The first-order chi connectivity index (χ1) is 6.70. The van der Waals surface area contributed by atoms with E-state index in [4.69, 9.17) is 0 Å². The van der Waals surface area contributed by atoms with Crippen molar-refractivity contribution in [2.24, 2.45) is 0 Å². The Bertz CT molecular complexity index is 175. The summed E-state index contributed by atoms with van der Waals surface area (Å²) in [5, 5.41) is 3.30. The van der Waals surface area contributed by atoms with Gasteiger partial charge in [-0.15, -0.1) is 0 Å². The zero-order valence-electron chi connectivity index (χ0n) is 9.57. The summed E-state index contributed by atoms with van der Waals surface area (Å²) < 4.78 is 0. The van der Waals surface area contributed by atoms with Gasteiger partial charge in [0, 0.05) is 12.8 Å². The SMILES string of the molecule is C=C(CCNCCC)CC(=O)CCC. The highest BCUT2D eigenvalue weighted by Crippen LogP contribution is 2.06. The van der Waals surface area contributed by atoms with Crippen LogP contribution in [0.15, 0.2) is 12.2 Å². The third kappa shape index (κ3) is 7.99. The first kappa shape index (κ1) is 13.4. The molecule has 0 aliphatic carbocycles. The maximum absolute atomic E-state index is 11.3. The van der Waals surface area contributed by atoms with Gasteiger partial charge in [0.1, 0.15) is 5.78 Å². The average molecular weight is 197 g/mol. The Morgan fingerprint density at radius 3 is 2.43 bits per heavy atom. The number of carbonyl (C=O) groups is 1. The summed E-state index contributed by atoms with van der Waals surface area (Å²) in [5.41, 5.74) is 1.06. The Kier molecular flexibility index (Phi) is 8.54. The molecule has 0 amide bonds. The van der Waals surface area contributed by atoms with Gasteiger partial charge in [-0.3, -0.25) is 4.79 Å². The van der Waals surface area contributed by atoms with E-state index in [2.05, 4.69) is 18.8 Å². The highest BCUT2D eigenvalue weighted by Gasteiger charge is 2.02. The molecule has 0 fully saturated rings. The number of hydrogen-bond acceptors (Lipinski definition) is 2. The lowest BCUT2D eigenvalue weighted by molar-refractivity contribution is -0.118. The van der Waals surface area contributed by atoms with Crippen molar-refractivity contribution in [1.29, 1.82) is 0 Å². The minimum absolute atomic E-state index is 0.327. The average Bonchev–Trinajstić information content (AvgIpc) is 2.13. The molecule has 0 aromatic heterocycles. The molecule has 0 saturated heterocycles. The summed E-state index contributed by atoms with van der Waals surface area (Å²) in [5.74, 6) is 0.327. The van der Waals surface area contributed by atoms with Crippen molar-refractivity contribution in [2.75, 3.05) is 13.1 Å². The smallest absolute Gasteiger partial charge is 0.136 e. The van der Waals surface area contributed by atoms with Crippen LogP contribution in [0.1, 0.15) is 46.0 Å². The largest absolute Gasteiger partial charge is 0.316 e. The van der Waals surface area contributed by atoms with Crippen LogP contribution in [0.3, 0.4) is 0 Å². The molecule has 0 saturated carbocycles. The van der Waals surface area contributed by atoms with Crippen molar-refractivity contribution in [3.63, 3.8) is 0 Å². The van der Waals surface area contributed by atoms with Gasteiger partial charge in [0.15, 0.2) is 0 Å². The molecule has 2 heteroatoms. The Hall–Kier alpha value is -0.630. The maximum atomic E-state index is 11.3. The van der Waals surface area contributed by atoms with Crippen LogP contribution in [0.2, 0.25) is 0 Å². The van der Waals surface area contributed by atoms with E-state index in [1.165, 1.54) is 0 Å². The third-order valence-electron chi connectivity index (χ3n) is 2.06. The zero-order chi connectivity index (χ0) is 10.8. The van der Waals surface area contributed by atoms with Gasteiger partial charge < -0.3 is 5.32 Å². The van der Waals surface area contributed by atoms with E-state index in [1.807, 2.05) is 6.92 Å². The zero-order valence-corrected chi connectivity index (χ0v) is 9.57. The topological polar surface area (TPSA) is 29.1 Å².